The fraction of sp³-hybridized carbons (Fsp3) is 0.562. The quantitative estimate of drug-likeness (QED) is 0.817. The molecule has 0 radical (unpaired) electrons. The minimum Gasteiger partial charge on any atom is -0.383 e. The molecule has 106 valence electrons. The van der Waals surface area contributed by atoms with Gasteiger partial charge in [0.1, 0.15) is 0 Å². The molecule has 3 heteroatoms. The first-order valence-corrected chi connectivity index (χ1v) is 6.70. The zero-order chi connectivity index (χ0) is 14.5. The molecule has 0 heterocycles. The van der Waals surface area contributed by atoms with Crippen molar-refractivity contribution in [2.45, 2.75) is 40.3 Å². The lowest BCUT2D eigenvalue weighted by molar-refractivity contribution is -0.143. The smallest absolute Gasteiger partial charge is 0.228 e. The summed E-state index contributed by atoms with van der Waals surface area (Å²) in [7, 11) is 1.67. The molecule has 3 nitrogen and oxygen atoms in total. The van der Waals surface area contributed by atoms with Crippen LogP contribution in [0.15, 0.2) is 30.3 Å². The monoisotopic (exact) mass is 263 g/mol. The van der Waals surface area contributed by atoms with Crippen LogP contribution in [0.2, 0.25) is 0 Å². The molecule has 0 fully saturated rings. The molecule has 0 saturated carbocycles. The predicted octanol–water partition coefficient (Wildman–Crippen LogP) is 3.10. The fourth-order valence-corrected chi connectivity index (χ4v) is 1.97. The number of carbonyl (C=O) groups excluding carboxylic acids is 1. The second kappa shape index (κ2) is 6.71. The summed E-state index contributed by atoms with van der Waals surface area (Å²) in [6.07, 6.45) is 0. The van der Waals surface area contributed by atoms with Crippen LogP contribution in [0.25, 0.3) is 0 Å². The van der Waals surface area contributed by atoms with Gasteiger partial charge < -0.3 is 9.64 Å². The number of benzene rings is 1. The molecule has 1 aromatic rings. The van der Waals surface area contributed by atoms with Crippen molar-refractivity contribution in [1.29, 1.82) is 0 Å². The average molecular weight is 263 g/mol. The highest BCUT2D eigenvalue weighted by atomic mass is 16.5. The van der Waals surface area contributed by atoms with Gasteiger partial charge in [-0.15, -0.1) is 0 Å². The Balaban J connectivity index is 2.90. The van der Waals surface area contributed by atoms with E-state index in [1.807, 2.05) is 62.9 Å². The van der Waals surface area contributed by atoms with Crippen LogP contribution in [0.4, 0.5) is 0 Å². The van der Waals surface area contributed by atoms with Crippen molar-refractivity contribution in [2.75, 3.05) is 13.7 Å². The van der Waals surface area contributed by atoms with Crippen molar-refractivity contribution in [3.8, 4) is 0 Å². The van der Waals surface area contributed by atoms with Crippen LogP contribution in [0.5, 0.6) is 0 Å². The number of amides is 1. The molecule has 0 aliphatic rings. The van der Waals surface area contributed by atoms with Crippen LogP contribution in [0.1, 0.15) is 33.3 Å². The Bertz CT molecular complexity index is 395. The molecule has 0 saturated heterocycles. The van der Waals surface area contributed by atoms with E-state index < -0.39 is 0 Å². The minimum absolute atomic E-state index is 0.0666. The molecule has 0 N–H and O–H groups in total. The molecule has 0 aliphatic carbocycles. The van der Waals surface area contributed by atoms with Crippen LogP contribution in [0, 0.1) is 5.41 Å². The van der Waals surface area contributed by atoms with Crippen LogP contribution in [0.3, 0.4) is 0 Å². The lowest BCUT2D eigenvalue weighted by Gasteiger charge is -2.34. The van der Waals surface area contributed by atoms with Gasteiger partial charge >= 0.3 is 0 Å². The van der Waals surface area contributed by atoms with Crippen molar-refractivity contribution in [3.05, 3.63) is 35.9 Å². The summed E-state index contributed by atoms with van der Waals surface area (Å²) >= 11 is 0. The van der Waals surface area contributed by atoms with E-state index in [0.717, 1.165) is 5.56 Å². The van der Waals surface area contributed by atoms with Gasteiger partial charge in [0.2, 0.25) is 5.91 Å². The summed E-state index contributed by atoms with van der Waals surface area (Å²) in [5.41, 5.74) is 0.764. The second-order valence-electron chi connectivity index (χ2n) is 5.97. The van der Waals surface area contributed by atoms with E-state index in [1.165, 1.54) is 0 Å². The van der Waals surface area contributed by atoms with Crippen molar-refractivity contribution in [1.82, 2.24) is 4.90 Å². The number of carbonyl (C=O) groups is 1. The first kappa shape index (κ1) is 15.7. The minimum atomic E-state index is -0.378. The molecule has 0 spiro atoms. The zero-order valence-electron chi connectivity index (χ0n) is 12.6. The van der Waals surface area contributed by atoms with Crippen LogP contribution < -0.4 is 0 Å². The molecule has 1 rings (SSSR count). The average Bonchev–Trinajstić information content (AvgIpc) is 2.35. The maximum atomic E-state index is 12.6. The number of hydrogen-bond donors (Lipinski definition) is 0. The van der Waals surface area contributed by atoms with Crippen molar-refractivity contribution >= 4 is 5.91 Å². The van der Waals surface area contributed by atoms with E-state index in [4.69, 9.17) is 4.74 Å². The molecule has 1 amide bonds. The zero-order valence-corrected chi connectivity index (χ0v) is 12.6. The van der Waals surface area contributed by atoms with Crippen LogP contribution in [-0.4, -0.2) is 30.6 Å². The molecule has 1 unspecified atom stereocenters. The highest BCUT2D eigenvalue weighted by Gasteiger charge is 2.30. The molecule has 19 heavy (non-hydrogen) atoms. The second-order valence-corrected chi connectivity index (χ2v) is 5.97. The first-order valence-electron chi connectivity index (χ1n) is 6.70. The molecule has 0 bridgehead atoms. The summed E-state index contributed by atoms with van der Waals surface area (Å²) in [5.74, 6) is 0.154. The van der Waals surface area contributed by atoms with Gasteiger partial charge in [-0.25, -0.2) is 0 Å². The van der Waals surface area contributed by atoms with E-state index in [-0.39, 0.29) is 17.4 Å². The van der Waals surface area contributed by atoms with Gasteiger partial charge in [0.25, 0.3) is 0 Å². The molecule has 0 aliphatic heterocycles. The Kier molecular flexibility index (Phi) is 5.55. The Morgan fingerprint density at radius 1 is 1.26 bits per heavy atom. The largest absolute Gasteiger partial charge is 0.383 e. The van der Waals surface area contributed by atoms with E-state index in [1.54, 1.807) is 7.11 Å². The normalized spacial score (nSPS) is 13.1. The van der Waals surface area contributed by atoms with E-state index in [0.29, 0.717) is 13.2 Å². The third-order valence-corrected chi connectivity index (χ3v) is 3.04. The summed E-state index contributed by atoms with van der Waals surface area (Å²) in [6.45, 7) is 9.05. The van der Waals surface area contributed by atoms with Crippen LogP contribution >= 0.6 is 0 Å². The van der Waals surface area contributed by atoms with Gasteiger partial charge in [0.15, 0.2) is 0 Å². The Morgan fingerprint density at radius 2 is 1.84 bits per heavy atom. The Labute approximate surface area is 116 Å². The SMILES string of the molecule is COCC(C)N(Cc1ccccc1)C(=O)C(C)(C)C. The Morgan fingerprint density at radius 3 is 2.32 bits per heavy atom. The van der Waals surface area contributed by atoms with Crippen LogP contribution in [-0.2, 0) is 16.1 Å². The van der Waals surface area contributed by atoms with Crippen molar-refractivity contribution in [2.24, 2.45) is 5.41 Å². The highest BCUT2D eigenvalue weighted by molar-refractivity contribution is 5.81. The molecule has 1 atom stereocenters. The number of nitrogens with zero attached hydrogens (tertiary/aromatic N) is 1. The van der Waals surface area contributed by atoms with Gasteiger partial charge in [-0.3, -0.25) is 4.79 Å². The van der Waals surface area contributed by atoms with Gasteiger partial charge in [0, 0.05) is 19.1 Å². The lowest BCUT2D eigenvalue weighted by atomic mass is 9.93. The van der Waals surface area contributed by atoms with Gasteiger partial charge in [-0.2, -0.15) is 0 Å². The summed E-state index contributed by atoms with van der Waals surface area (Å²) in [4.78, 5) is 14.5. The van der Waals surface area contributed by atoms with E-state index in [9.17, 15) is 4.79 Å². The number of ether oxygens (including phenoxy) is 1. The number of hydrogen-bond acceptors (Lipinski definition) is 2. The maximum absolute atomic E-state index is 12.6. The summed E-state index contributed by atoms with van der Waals surface area (Å²) in [6, 6.07) is 10.1. The van der Waals surface area contributed by atoms with E-state index in [2.05, 4.69) is 0 Å². The van der Waals surface area contributed by atoms with E-state index >= 15 is 0 Å². The number of rotatable bonds is 5. The maximum Gasteiger partial charge on any atom is 0.228 e. The highest BCUT2D eigenvalue weighted by Crippen LogP contribution is 2.21. The topological polar surface area (TPSA) is 29.5 Å². The molecular weight excluding hydrogens is 238 g/mol. The first-order chi connectivity index (χ1) is 8.86. The van der Waals surface area contributed by atoms with Gasteiger partial charge in [0.05, 0.1) is 12.6 Å². The Hall–Kier alpha value is -1.35. The van der Waals surface area contributed by atoms with Crippen molar-refractivity contribution < 1.29 is 9.53 Å². The number of methoxy groups -OCH3 is 1. The van der Waals surface area contributed by atoms with Gasteiger partial charge in [-0.1, -0.05) is 51.1 Å². The van der Waals surface area contributed by atoms with Crippen molar-refractivity contribution in [3.63, 3.8) is 0 Å². The molecule has 1 aromatic carbocycles. The van der Waals surface area contributed by atoms with Gasteiger partial charge in [-0.05, 0) is 12.5 Å². The third kappa shape index (κ3) is 4.67. The third-order valence-electron chi connectivity index (χ3n) is 3.04. The fourth-order valence-electron chi connectivity index (χ4n) is 1.97. The lowest BCUT2D eigenvalue weighted by Crippen LogP contribution is -2.45. The summed E-state index contributed by atoms with van der Waals surface area (Å²) in [5, 5.41) is 0. The molecule has 0 aromatic heterocycles. The molecular formula is C16H25NO2. The standard InChI is InChI=1S/C16H25NO2/c1-13(12-19-5)17(15(18)16(2,3)4)11-14-9-7-6-8-10-14/h6-10,13H,11-12H2,1-5H3. The summed E-state index contributed by atoms with van der Waals surface area (Å²) < 4.78 is 5.19. The predicted molar refractivity (Wildman–Crippen MR) is 77.8 cm³/mol.